The number of anilines is 1. The summed E-state index contributed by atoms with van der Waals surface area (Å²) in [7, 11) is 0. The number of benzene rings is 1. The van der Waals surface area contributed by atoms with E-state index in [0.29, 0.717) is 43.7 Å². The average Bonchev–Trinajstić information content (AvgIpc) is 3.29. The zero-order chi connectivity index (χ0) is 24.1. The van der Waals surface area contributed by atoms with Crippen molar-refractivity contribution in [3.05, 3.63) is 33.3 Å². The first kappa shape index (κ1) is 24.1. The Bertz CT molecular complexity index is 1150. The fourth-order valence-corrected chi connectivity index (χ4v) is 5.77. The molecule has 0 radical (unpaired) electrons. The highest BCUT2D eigenvalue weighted by Crippen LogP contribution is 2.42. The van der Waals surface area contributed by atoms with Crippen molar-refractivity contribution in [2.24, 2.45) is 0 Å². The van der Waals surface area contributed by atoms with Gasteiger partial charge in [-0.1, -0.05) is 11.6 Å². The number of aliphatic hydroxyl groups is 1. The molecule has 11 heteroatoms. The van der Waals surface area contributed by atoms with Crippen LogP contribution in [0.5, 0.6) is 6.01 Å². The normalized spacial score (nSPS) is 29.1. The highest BCUT2D eigenvalue weighted by molar-refractivity contribution is 9.10. The van der Waals surface area contributed by atoms with Crippen molar-refractivity contribution < 1.29 is 23.4 Å². The summed E-state index contributed by atoms with van der Waals surface area (Å²) in [5, 5.41) is 11.3. The van der Waals surface area contributed by atoms with Gasteiger partial charge in [0.25, 0.3) is 0 Å². The van der Waals surface area contributed by atoms with Crippen LogP contribution in [0.3, 0.4) is 0 Å². The number of halogens is 4. The van der Waals surface area contributed by atoms with Crippen LogP contribution in [0.1, 0.15) is 26.2 Å². The van der Waals surface area contributed by atoms with E-state index in [4.69, 9.17) is 21.1 Å². The Morgan fingerprint density at radius 1 is 1.38 bits per heavy atom. The Morgan fingerprint density at radius 2 is 2.21 bits per heavy atom. The molecule has 2 atom stereocenters. The number of aromatic nitrogens is 2. The van der Waals surface area contributed by atoms with Gasteiger partial charge in [-0.05, 0) is 60.3 Å². The van der Waals surface area contributed by atoms with Crippen LogP contribution >= 0.6 is 27.5 Å². The molecule has 3 aliphatic rings. The van der Waals surface area contributed by atoms with Crippen molar-refractivity contribution >= 4 is 44.3 Å². The second kappa shape index (κ2) is 9.13. The van der Waals surface area contributed by atoms with Gasteiger partial charge in [0.15, 0.2) is 5.82 Å². The molecule has 3 saturated heterocycles. The third-order valence-corrected chi connectivity index (χ3v) is 8.15. The van der Waals surface area contributed by atoms with Crippen LogP contribution in [-0.2, 0) is 4.74 Å². The van der Waals surface area contributed by atoms with Crippen LogP contribution in [-0.4, -0.2) is 77.1 Å². The molecule has 1 N–H and O–H groups in total. The molecular weight excluding hydrogens is 534 g/mol. The number of fused-ring (bicyclic) bond motifs is 2. The summed E-state index contributed by atoms with van der Waals surface area (Å²) in [4.78, 5) is 13.1. The summed E-state index contributed by atoms with van der Waals surface area (Å²) >= 11 is 9.45. The van der Waals surface area contributed by atoms with Crippen LogP contribution in [0, 0.1) is 5.82 Å². The van der Waals surface area contributed by atoms with E-state index in [1.165, 1.54) is 0 Å². The maximum absolute atomic E-state index is 15.2. The summed E-state index contributed by atoms with van der Waals surface area (Å²) in [6.07, 6.45) is 3.17. The fourth-order valence-electron chi connectivity index (χ4n) is 5.28. The molecule has 0 saturated carbocycles. The van der Waals surface area contributed by atoms with E-state index in [-0.39, 0.29) is 46.3 Å². The van der Waals surface area contributed by atoms with Crippen molar-refractivity contribution in [3.8, 4) is 6.01 Å². The predicted molar refractivity (Wildman–Crippen MR) is 129 cm³/mol. The maximum atomic E-state index is 15.2. The van der Waals surface area contributed by atoms with E-state index >= 15 is 4.39 Å². The summed E-state index contributed by atoms with van der Waals surface area (Å²) < 4.78 is 40.2. The lowest BCUT2D eigenvalue weighted by molar-refractivity contribution is -0.0123. The van der Waals surface area contributed by atoms with Crippen LogP contribution in [0.4, 0.5) is 14.6 Å². The molecule has 34 heavy (non-hydrogen) atoms. The van der Waals surface area contributed by atoms with Gasteiger partial charge < -0.3 is 19.5 Å². The minimum absolute atomic E-state index is 0.0272. The molecule has 0 amide bonds. The number of hydrogen-bond donors (Lipinski definition) is 1. The summed E-state index contributed by atoms with van der Waals surface area (Å²) in [5.74, 6) is -0.200. The van der Waals surface area contributed by atoms with Crippen LogP contribution in [0.25, 0.3) is 10.9 Å². The van der Waals surface area contributed by atoms with Gasteiger partial charge in [0.2, 0.25) is 0 Å². The van der Waals surface area contributed by atoms with E-state index in [2.05, 4.69) is 30.8 Å². The van der Waals surface area contributed by atoms with Crippen LogP contribution in [0.15, 0.2) is 22.4 Å². The molecule has 0 bridgehead atoms. The van der Waals surface area contributed by atoms with Gasteiger partial charge >= 0.3 is 6.01 Å². The monoisotopic (exact) mass is 558 g/mol. The zero-order valence-corrected chi connectivity index (χ0v) is 21.1. The first-order chi connectivity index (χ1) is 16.2. The highest BCUT2D eigenvalue weighted by atomic mass is 79.9. The van der Waals surface area contributed by atoms with Gasteiger partial charge in [0.05, 0.1) is 41.1 Å². The van der Waals surface area contributed by atoms with Crippen molar-refractivity contribution in [3.63, 3.8) is 0 Å². The Hall–Kier alpha value is -1.59. The Morgan fingerprint density at radius 3 is 3.00 bits per heavy atom. The van der Waals surface area contributed by atoms with E-state index in [1.54, 1.807) is 13.0 Å². The summed E-state index contributed by atoms with van der Waals surface area (Å²) in [6, 6.07) is 1.63. The average molecular weight is 560 g/mol. The molecule has 3 fully saturated rings. The third-order valence-electron chi connectivity index (χ3n) is 6.85. The molecule has 0 aliphatic carbocycles. The predicted octanol–water partition coefficient (Wildman–Crippen LogP) is 4.24. The number of nitrogens with zero attached hydrogens (tertiary/aromatic N) is 4. The second-order valence-electron chi connectivity index (χ2n) is 9.67. The lowest BCUT2D eigenvalue weighted by atomic mass is 9.94. The van der Waals surface area contributed by atoms with Gasteiger partial charge in [-0.15, -0.1) is 0 Å². The Balaban J connectivity index is 1.54. The number of hydrogen-bond acceptors (Lipinski definition) is 7. The molecule has 0 spiro atoms. The first-order valence-corrected chi connectivity index (χ1v) is 12.4. The minimum atomic E-state index is -1.12. The molecule has 5 rings (SSSR count). The summed E-state index contributed by atoms with van der Waals surface area (Å²) in [6.45, 7) is 4.66. The van der Waals surface area contributed by atoms with Gasteiger partial charge in [0.1, 0.15) is 23.5 Å². The molecule has 1 aromatic heterocycles. The van der Waals surface area contributed by atoms with E-state index in [0.717, 1.165) is 25.0 Å². The molecule has 7 nitrogen and oxygen atoms in total. The van der Waals surface area contributed by atoms with E-state index < -0.39 is 11.4 Å². The Kier molecular flexibility index (Phi) is 6.48. The van der Waals surface area contributed by atoms with Crippen molar-refractivity contribution in [1.29, 1.82) is 0 Å². The lowest BCUT2D eigenvalue weighted by Crippen LogP contribution is -2.44. The minimum Gasteiger partial charge on any atom is -0.461 e. The molecule has 184 valence electrons. The van der Waals surface area contributed by atoms with Crippen LogP contribution < -0.4 is 9.64 Å². The van der Waals surface area contributed by atoms with Crippen molar-refractivity contribution in [2.75, 3.05) is 50.9 Å². The largest absolute Gasteiger partial charge is 0.461 e. The van der Waals surface area contributed by atoms with Gasteiger partial charge in [-0.2, -0.15) is 9.97 Å². The SMILES string of the molecule is C[C@@]1(O)COCCN(c2nc(OCC34CCCN3C/C(=C\F)C4)nc3c(F)c(Br)c(Cl)cc23)C1. The van der Waals surface area contributed by atoms with Crippen LogP contribution in [0.2, 0.25) is 5.02 Å². The van der Waals surface area contributed by atoms with Gasteiger partial charge in [-0.25, -0.2) is 8.78 Å². The molecule has 2 aromatic rings. The number of rotatable bonds is 4. The molecule has 3 aliphatic heterocycles. The second-order valence-corrected chi connectivity index (χ2v) is 10.9. The molecule has 4 heterocycles. The maximum Gasteiger partial charge on any atom is 0.319 e. The highest BCUT2D eigenvalue weighted by Gasteiger charge is 2.47. The van der Waals surface area contributed by atoms with E-state index in [1.807, 2.05) is 4.90 Å². The molecular formula is C23H26BrClF2N4O3. The van der Waals surface area contributed by atoms with E-state index in [9.17, 15) is 9.50 Å². The lowest BCUT2D eigenvalue weighted by Gasteiger charge is -2.31. The molecule has 1 aromatic carbocycles. The van der Waals surface area contributed by atoms with Crippen molar-refractivity contribution in [2.45, 2.75) is 37.3 Å². The standard InChI is InChI=1S/C23H26BrClF2N4O3/c1-22(32)11-30(5-6-33-12-22)20-15-7-16(25)17(24)18(27)19(15)28-21(29-20)34-13-23-3-2-4-31(23)10-14(8-23)9-26/h7,9,32H,2-6,8,10-13H2,1H3/b14-9-/t22-,23?/m0/s1. The zero-order valence-electron chi connectivity index (χ0n) is 18.8. The van der Waals surface area contributed by atoms with Gasteiger partial charge in [-0.3, -0.25) is 4.90 Å². The first-order valence-electron chi connectivity index (χ1n) is 11.3. The smallest absolute Gasteiger partial charge is 0.319 e. The topological polar surface area (TPSA) is 71.0 Å². The third kappa shape index (κ3) is 4.39. The quantitative estimate of drug-likeness (QED) is 0.562. The molecule has 1 unspecified atom stereocenters. The Labute approximate surface area is 209 Å². The fraction of sp³-hybridized carbons (Fsp3) is 0.565. The number of β-amino-alcohol motifs (C(OH)–C–C–N with tert-alkyl or cyclic N) is 1. The summed E-state index contributed by atoms with van der Waals surface area (Å²) in [5.41, 5.74) is -0.609. The number of ether oxygens (including phenoxy) is 2. The van der Waals surface area contributed by atoms with Crippen molar-refractivity contribution in [1.82, 2.24) is 14.9 Å². The van der Waals surface area contributed by atoms with Gasteiger partial charge in [0, 0.05) is 18.5 Å².